The molecule has 0 unspecified atom stereocenters. The molecule has 3 rings (SSSR count). The SMILES string of the molecule is Nc1nc(Cl)nc(N2CCC(N3CCCCC3)CC2)n1. The van der Waals surface area contributed by atoms with Crippen LogP contribution in [0.1, 0.15) is 32.1 Å². The molecule has 2 fully saturated rings. The largest absolute Gasteiger partial charge is 0.368 e. The number of hydrogen-bond donors (Lipinski definition) is 1. The number of likely N-dealkylation sites (tertiary alicyclic amines) is 1. The van der Waals surface area contributed by atoms with E-state index in [4.69, 9.17) is 17.3 Å². The number of hydrogen-bond acceptors (Lipinski definition) is 6. The summed E-state index contributed by atoms with van der Waals surface area (Å²) in [5.41, 5.74) is 5.63. The van der Waals surface area contributed by atoms with Crippen molar-refractivity contribution in [1.29, 1.82) is 0 Å². The minimum atomic E-state index is 0.172. The molecular formula is C13H21ClN6. The summed E-state index contributed by atoms with van der Waals surface area (Å²) in [5, 5.41) is 0.172. The molecule has 0 saturated carbocycles. The van der Waals surface area contributed by atoms with Gasteiger partial charge in [0.2, 0.25) is 17.2 Å². The smallest absolute Gasteiger partial charge is 0.231 e. The molecule has 20 heavy (non-hydrogen) atoms. The lowest BCUT2D eigenvalue weighted by Crippen LogP contribution is -2.47. The van der Waals surface area contributed by atoms with Gasteiger partial charge in [-0.05, 0) is 50.4 Å². The normalized spacial score (nSPS) is 22.1. The molecule has 2 aliphatic rings. The summed E-state index contributed by atoms with van der Waals surface area (Å²) in [7, 11) is 0. The Morgan fingerprint density at radius 3 is 2.30 bits per heavy atom. The summed E-state index contributed by atoms with van der Waals surface area (Å²) in [5.74, 6) is 0.803. The number of anilines is 2. The van der Waals surface area contributed by atoms with Gasteiger partial charge in [-0.15, -0.1) is 0 Å². The molecule has 0 bridgehead atoms. The van der Waals surface area contributed by atoms with Crippen LogP contribution in [0.2, 0.25) is 5.28 Å². The van der Waals surface area contributed by atoms with Crippen molar-refractivity contribution in [1.82, 2.24) is 19.9 Å². The predicted molar refractivity (Wildman–Crippen MR) is 79.9 cm³/mol. The lowest BCUT2D eigenvalue weighted by Gasteiger charge is -2.40. The molecule has 0 spiro atoms. The van der Waals surface area contributed by atoms with Gasteiger partial charge in [-0.1, -0.05) is 6.42 Å². The second-order valence-corrected chi connectivity index (χ2v) is 5.92. The molecule has 2 saturated heterocycles. The number of nitrogens with zero attached hydrogens (tertiary/aromatic N) is 5. The Morgan fingerprint density at radius 2 is 1.65 bits per heavy atom. The van der Waals surface area contributed by atoms with Gasteiger partial charge < -0.3 is 15.5 Å². The molecule has 1 aromatic rings. The zero-order valence-corrected chi connectivity index (χ0v) is 12.4. The van der Waals surface area contributed by atoms with E-state index < -0.39 is 0 Å². The van der Waals surface area contributed by atoms with Gasteiger partial charge in [0.1, 0.15) is 0 Å². The van der Waals surface area contributed by atoms with Crippen molar-refractivity contribution in [2.45, 2.75) is 38.1 Å². The van der Waals surface area contributed by atoms with E-state index in [-0.39, 0.29) is 11.2 Å². The summed E-state index contributed by atoms with van der Waals surface area (Å²) < 4.78 is 0. The summed E-state index contributed by atoms with van der Waals surface area (Å²) in [6.45, 7) is 4.44. The van der Waals surface area contributed by atoms with Gasteiger partial charge in [0.25, 0.3) is 0 Å². The number of halogens is 1. The highest BCUT2D eigenvalue weighted by Crippen LogP contribution is 2.23. The van der Waals surface area contributed by atoms with Gasteiger partial charge in [0.15, 0.2) is 0 Å². The van der Waals surface area contributed by atoms with E-state index in [9.17, 15) is 0 Å². The van der Waals surface area contributed by atoms with Crippen LogP contribution in [0.25, 0.3) is 0 Å². The Kier molecular flexibility index (Phi) is 4.21. The highest BCUT2D eigenvalue weighted by molar-refractivity contribution is 6.28. The molecule has 0 radical (unpaired) electrons. The van der Waals surface area contributed by atoms with Crippen LogP contribution in [0.3, 0.4) is 0 Å². The van der Waals surface area contributed by atoms with Crippen molar-refractivity contribution >= 4 is 23.5 Å². The highest BCUT2D eigenvalue weighted by atomic mass is 35.5. The van der Waals surface area contributed by atoms with Gasteiger partial charge in [-0.2, -0.15) is 15.0 Å². The Labute approximate surface area is 124 Å². The average Bonchev–Trinajstić information content (AvgIpc) is 2.47. The van der Waals surface area contributed by atoms with Crippen molar-refractivity contribution in [3.05, 3.63) is 5.28 Å². The van der Waals surface area contributed by atoms with Crippen LogP contribution in [-0.4, -0.2) is 52.1 Å². The lowest BCUT2D eigenvalue weighted by atomic mass is 10.0. The summed E-state index contributed by atoms with van der Waals surface area (Å²) >= 11 is 5.84. The Morgan fingerprint density at radius 1 is 0.950 bits per heavy atom. The highest BCUT2D eigenvalue weighted by Gasteiger charge is 2.26. The minimum Gasteiger partial charge on any atom is -0.368 e. The lowest BCUT2D eigenvalue weighted by molar-refractivity contribution is 0.141. The van der Waals surface area contributed by atoms with E-state index >= 15 is 0 Å². The van der Waals surface area contributed by atoms with E-state index in [1.165, 1.54) is 32.4 Å². The molecule has 0 atom stereocenters. The maximum Gasteiger partial charge on any atom is 0.231 e. The monoisotopic (exact) mass is 296 g/mol. The van der Waals surface area contributed by atoms with Crippen LogP contribution in [0.4, 0.5) is 11.9 Å². The fourth-order valence-electron chi connectivity index (χ4n) is 3.21. The number of piperidine rings is 2. The molecule has 0 amide bonds. The zero-order valence-electron chi connectivity index (χ0n) is 11.6. The number of nitrogen functional groups attached to an aromatic ring is 1. The number of rotatable bonds is 2. The summed E-state index contributed by atoms with van der Waals surface area (Å²) in [6, 6.07) is 0.709. The van der Waals surface area contributed by atoms with Gasteiger partial charge in [-0.25, -0.2) is 0 Å². The van der Waals surface area contributed by atoms with Crippen molar-refractivity contribution in [3.63, 3.8) is 0 Å². The van der Waals surface area contributed by atoms with Crippen molar-refractivity contribution in [2.75, 3.05) is 36.8 Å². The topological polar surface area (TPSA) is 71.2 Å². The van der Waals surface area contributed by atoms with E-state index in [1.807, 2.05) is 0 Å². The van der Waals surface area contributed by atoms with Crippen LogP contribution < -0.4 is 10.6 Å². The molecule has 3 heterocycles. The molecule has 2 aliphatic heterocycles. The Bertz CT molecular complexity index is 434. The first-order valence-electron chi connectivity index (χ1n) is 7.38. The first-order valence-corrected chi connectivity index (χ1v) is 7.76. The van der Waals surface area contributed by atoms with Crippen molar-refractivity contribution < 1.29 is 0 Å². The first kappa shape index (κ1) is 13.8. The number of nitrogens with two attached hydrogens (primary N) is 1. The quantitative estimate of drug-likeness (QED) is 0.893. The molecule has 0 aromatic carbocycles. The fraction of sp³-hybridized carbons (Fsp3) is 0.769. The third-order valence-electron chi connectivity index (χ3n) is 4.27. The standard InChI is InChI=1S/C13H21ClN6/c14-11-16-12(15)18-13(17-11)20-8-4-10(5-9-20)19-6-2-1-3-7-19/h10H,1-9H2,(H2,15,16,17,18). The predicted octanol–water partition coefficient (Wildman–Crippen LogP) is 1.56. The summed E-state index contributed by atoms with van der Waals surface area (Å²) in [4.78, 5) is 17.0. The van der Waals surface area contributed by atoms with Gasteiger partial charge >= 0.3 is 0 Å². The van der Waals surface area contributed by atoms with Gasteiger partial charge in [0, 0.05) is 19.1 Å². The molecule has 1 aromatic heterocycles. The maximum absolute atomic E-state index is 5.84. The van der Waals surface area contributed by atoms with E-state index in [2.05, 4.69) is 24.8 Å². The first-order chi connectivity index (χ1) is 9.72. The van der Waals surface area contributed by atoms with Crippen LogP contribution >= 0.6 is 11.6 Å². The van der Waals surface area contributed by atoms with Crippen molar-refractivity contribution in [2.24, 2.45) is 0 Å². The maximum atomic E-state index is 5.84. The molecule has 0 aliphatic carbocycles. The van der Waals surface area contributed by atoms with Gasteiger partial charge in [-0.3, -0.25) is 0 Å². The molecule has 7 heteroatoms. The minimum absolute atomic E-state index is 0.172. The molecule has 6 nitrogen and oxygen atoms in total. The zero-order chi connectivity index (χ0) is 13.9. The van der Waals surface area contributed by atoms with E-state index in [1.54, 1.807) is 0 Å². The van der Waals surface area contributed by atoms with Crippen LogP contribution in [-0.2, 0) is 0 Å². The third-order valence-corrected chi connectivity index (χ3v) is 4.44. The molecule has 2 N–H and O–H groups in total. The average molecular weight is 297 g/mol. The number of aromatic nitrogens is 3. The van der Waals surface area contributed by atoms with Crippen molar-refractivity contribution in [3.8, 4) is 0 Å². The molecular weight excluding hydrogens is 276 g/mol. The van der Waals surface area contributed by atoms with E-state index in [0.717, 1.165) is 25.9 Å². The Hall–Kier alpha value is -1.14. The van der Waals surface area contributed by atoms with Gasteiger partial charge in [0.05, 0.1) is 0 Å². The third kappa shape index (κ3) is 3.12. The van der Waals surface area contributed by atoms with E-state index in [0.29, 0.717) is 12.0 Å². The van der Waals surface area contributed by atoms with Crippen LogP contribution in [0.5, 0.6) is 0 Å². The summed E-state index contributed by atoms with van der Waals surface area (Å²) in [6.07, 6.45) is 6.39. The molecule has 110 valence electrons. The van der Waals surface area contributed by atoms with Crippen LogP contribution in [0.15, 0.2) is 0 Å². The Balaban J connectivity index is 1.60. The fourth-order valence-corrected chi connectivity index (χ4v) is 3.37. The second-order valence-electron chi connectivity index (χ2n) is 5.58. The van der Waals surface area contributed by atoms with Crippen LogP contribution in [0, 0.1) is 0 Å². The second kappa shape index (κ2) is 6.10.